The summed E-state index contributed by atoms with van der Waals surface area (Å²) in [7, 11) is 1.62. The van der Waals surface area contributed by atoms with Crippen molar-refractivity contribution in [1.29, 1.82) is 0 Å². The maximum Gasteiger partial charge on any atom is 0.353 e. The molecule has 4 rings (SSSR count). The molecule has 0 spiro atoms. The van der Waals surface area contributed by atoms with Crippen molar-refractivity contribution in [1.82, 2.24) is 15.0 Å². The van der Waals surface area contributed by atoms with Crippen LogP contribution in [0, 0.1) is 10.1 Å². The lowest BCUT2D eigenvalue weighted by Crippen LogP contribution is -2.33. The molecule has 0 amide bonds. The quantitative estimate of drug-likeness (QED) is 0.449. The molecular weight excluding hydrogens is 384 g/mol. The predicted molar refractivity (Wildman–Crippen MR) is 116 cm³/mol. The van der Waals surface area contributed by atoms with Gasteiger partial charge in [0, 0.05) is 43.3 Å². The van der Waals surface area contributed by atoms with E-state index < -0.39 is 0 Å². The van der Waals surface area contributed by atoms with Gasteiger partial charge in [0.25, 0.3) is 0 Å². The van der Waals surface area contributed by atoms with Crippen LogP contribution in [-0.4, -0.2) is 53.2 Å². The van der Waals surface area contributed by atoms with Gasteiger partial charge < -0.3 is 19.5 Å². The Morgan fingerprint density at radius 1 is 1.30 bits per heavy atom. The van der Waals surface area contributed by atoms with Crippen LogP contribution in [0.25, 0.3) is 10.9 Å². The van der Waals surface area contributed by atoms with Crippen molar-refractivity contribution in [2.24, 2.45) is 0 Å². The summed E-state index contributed by atoms with van der Waals surface area (Å²) in [5.41, 5.74) is 3.42. The zero-order chi connectivity index (χ0) is 21.1. The number of rotatable bonds is 8. The van der Waals surface area contributed by atoms with Crippen LogP contribution in [0.2, 0.25) is 0 Å². The predicted octanol–water partition coefficient (Wildman–Crippen LogP) is 3.29. The van der Waals surface area contributed by atoms with Gasteiger partial charge in [-0.15, -0.1) is 0 Å². The molecule has 0 aliphatic carbocycles. The SMILES string of the molecule is CCCN(CCOC)c1ncnc(N2CCc3c([nH]c4ccccc34)C2)c1[N+](=O)[O-]. The van der Waals surface area contributed by atoms with Crippen LogP contribution in [0.5, 0.6) is 0 Å². The molecule has 0 fully saturated rings. The lowest BCUT2D eigenvalue weighted by Gasteiger charge is -2.29. The molecular formula is C21H26N6O3. The molecule has 1 aromatic carbocycles. The van der Waals surface area contributed by atoms with Crippen LogP contribution in [0.15, 0.2) is 30.6 Å². The molecule has 1 N–H and O–H groups in total. The Kier molecular flexibility index (Phi) is 5.80. The molecule has 0 saturated heterocycles. The summed E-state index contributed by atoms with van der Waals surface area (Å²) in [6.07, 6.45) is 3.08. The number of methoxy groups -OCH3 is 1. The summed E-state index contributed by atoms with van der Waals surface area (Å²) in [5, 5.41) is 13.3. The molecule has 1 aliphatic heterocycles. The first-order chi connectivity index (χ1) is 14.6. The van der Waals surface area contributed by atoms with E-state index in [4.69, 9.17) is 4.74 Å². The van der Waals surface area contributed by atoms with Gasteiger partial charge in [-0.05, 0) is 24.5 Å². The van der Waals surface area contributed by atoms with Gasteiger partial charge in [0.2, 0.25) is 11.6 Å². The molecule has 2 aromatic heterocycles. The third-order valence-corrected chi connectivity index (χ3v) is 5.51. The molecule has 3 aromatic rings. The number of anilines is 2. The second kappa shape index (κ2) is 8.66. The van der Waals surface area contributed by atoms with Crippen LogP contribution >= 0.6 is 0 Å². The molecule has 0 bridgehead atoms. The van der Waals surface area contributed by atoms with Crippen LogP contribution in [0.4, 0.5) is 17.3 Å². The second-order valence-corrected chi connectivity index (χ2v) is 7.41. The van der Waals surface area contributed by atoms with Crippen LogP contribution in [0.1, 0.15) is 24.6 Å². The third kappa shape index (κ3) is 3.68. The molecule has 0 unspecified atom stereocenters. The summed E-state index contributed by atoms with van der Waals surface area (Å²) in [6, 6.07) is 8.21. The summed E-state index contributed by atoms with van der Waals surface area (Å²) in [5.74, 6) is 0.721. The van der Waals surface area contributed by atoms with Crippen molar-refractivity contribution in [2.45, 2.75) is 26.3 Å². The molecule has 0 saturated carbocycles. The van der Waals surface area contributed by atoms with Crippen LogP contribution in [-0.2, 0) is 17.7 Å². The van der Waals surface area contributed by atoms with Crippen molar-refractivity contribution in [3.8, 4) is 0 Å². The first-order valence-electron chi connectivity index (χ1n) is 10.2. The normalized spacial score (nSPS) is 13.5. The molecule has 30 heavy (non-hydrogen) atoms. The van der Waals surface area contributed by atoms with Gasteiger partial charge in [-0.25, -0.2) is 9.97 Å². The summed E-state index contributed by atoms with van der Waals surface area (Å²) in [4.78, 5) is 27.7. The minimum Gasteiger partial charge on any atom is -0.383 e. The number of aromatic amines is 1. The highest BCUT2D eigenvalue weighted by Crippen LogP contribution is 2.37. The highest BCUT2D eigenvalue weighted by molar-refractivity contribution is 5.85. The average Bonchev–Trinajstić information content (AvgIpc) is 3.13. The molecule has 0 atom stereocenters. The van der Waals surface area contributed by atoms with Gasteiger partial charge >= 0.3 is 5.69 Å². The molecule has 158 valence electrons. The topological polar surface area (TPSA) is 100 Å². The van der Waals surface area contributed by atoms with Gasteiger partial charge in [0.05, 0.1) is 18.1 Å². The standard InChI is InChI=1S/C21H26N6O3/c1-3-9-25(11-12-30-2)20-19(27(28)29)21(23-14-22-20)26-10-8-16-15-6-4-5-7-17(15)24-18(16)13-26/h4-7,14,24H,3,8-13H2,1-2H3. The lowest BCUT2D eigenvalue weighted by atomic mass is 10.0. The van der Waals surface area contributed by atoms with E-state index in [2.05, 4.69) is 27.1 Å². The van der Waals surface area contributed by atoms with Gasteiger partial charge in [-0.3, -0.25) is 10.1 Å². The fourth-order valence-electron chi connectivity index (χ4n) is 4.16. The van der Waals surface area contributed by atoms with E-state index in [0.717, 1.165) is 24.1 Å². The summed E-state index contributed by atoms with van der Waals surface area (Å²) in [6.45, 7) is 4.92. The van der Waals surface area contributed by atoms with Crippen molar-refractivity contribution in [3.63, 3.8) is 0 Å². The van der Waals surface area contributed by atoms with E-state index in [0.29, 0.717) is 44.4 Å². The first-order valence-corrected chi connectivity index (χ1v) is 10.2. The van der Waals surface area contributed by atoms with Crippen molar-refractivity contribution >= 4 is 28.2 Å². The van der Waals surface area contributed by atoms with E-state index in [9.17, 15) is 10.1 Å². The van der Waals surface area contributed by atoms with E-state index in [-0.39, 0.29) is 10.6 Å². The largest absolute Gasteiger partial charge is 0.383 e. The van der Waals surface area contributed by atoms with Crippen LogP contribution in [0.3, 0.4) is 0 Å². The number of H-pyrrole nitrogens is 1. The Morgan fingerprint density at radius 3 is 2.90 bits per heavy atom. The monoisotopic (exact) mass is 410 g/mol. The Labute approximate surface area is 174 Å². The number of hydrogen-bond donors (Lipinski definition) is 1. The fourth-order valence-corrected chi connectivity index (χ4v) is 4.16. The molecule has 9 nitrogen and oxygen atoms in total. The van der Waals surface area contributed by atoms with E-state index >= 15 is 0 Å². The maximum absolute atomic E-state index is 12.1. The Hall–Kier alpha value is -3.20. The average molecular weight is 410 g/mol. The number of para-hydroxylation sites is 1. The number of benzene rings is 1. The summed E-state index contributed by atoms with van der Waals surface area (Å²) < 4.78 is 5.19. The first kappa shape index (κ1) is 20.1. The minimum atomic E-state index is -0.360. The Balaban J connectivity index is 1.71. The minimum absolute atomic E-state index is 0.0402. The van der Waals surface area contributed by atoms with Gasteiger partial charge in [-0.2, -0.15) is 0 Å². The molecule has 0 radical (unpaired) electrons. The Morgan fingerprint density at radius 2 is 2.13 bits per heavy atom. The maximum atomic E-state index is 12.1. The van der Waals surface area contributed by atoms with Crippen molar-refractivity contribution in [3.05, 3.63) is 52.0 Å². The van der Waals surface area contributed by atoms with E-state index in [1.165, 1.54) is 17.3 Å². The van der Waals surface area contributed by atoms with Crippen LogP contribution < -0.4 is 9.80 Å². The zero-order valence-corrected chi connectivity index (χ0v) is 17.3. The number of nitrogens with zero attached hydrogens (tertiary/aromatic N) is 5. The highest BCUT2D eigenvalue weighted by atomic mass is 16.6. The number of nitrogens with one attached hydrogen (secondary N) is 1. The van der Waals surface area contributed by atoms with E-state index in [1.54, 1.807) is 7.11 Å². The smallest absolute Gasteiger partial charge is 0.353 e. The van der Waals surface area contributed by atoms with Gasteiger partial charge in [0.1, 0.15) is 6.33 Å². The van der Waals surface area contributed by atoms with Gasteiger partial charge in [0.15, 0.2) is 0 Å². The van der Waals surface area contributed by atoms with Crippen molar-refractivity contribution in [2.75, 3.05) is 43.2 Å². The second-order valence-electron chi connectivity index (χ2n) is 7.41. The number of aromatic nitrogens is 3. The molecule has 1 aliphatic rings. The zero-order valence-electron chi connectivity index (χ0n) is 17.3. The summed E-state index contributed by atoms with van der Waals surface area (Å²) >= 11 is 0. The molecule has 9 heteroatoms. The number of ether oxygens (including phenoxy) is 1. The van der Waals surface area contributed by atoms with E-state index in [1.807, 2.05) is 28.9 Å². The fraction of sp³-hybridized carbons (Fsp3) is 0.429. The highest BCUT2D eigenvalue weighted by Gasteiger charge is 2.32. The third-order valence-electron chi connectivity index (χ3n) is 5.51. The molecule has 3 heterocycles. The van der Waals surface area contributed by atoms with Gasteiger partial charge in [-0.1, -0.05) is 25.1 Å². The lowest BCUT2D eigenvalue weighted by molar-refractivity contribution is -0.383. The number of nitro groups is 1. The number of fused-ring (bicyclic) bond motifs is 3. The van der Waals surface area contributed by atoms with Crippen molar-refractivity contribution < 1.29 is 9.66 Å². The Bertz CT molecular complexity index is 1050. The number of hydrogen-bond acceptors (Lipinski definition) is 7.